The van der Waals surface area contributed by atoms with Crippen molar-refractivity contribution in [1.29, 1.82) is 0 Å². The molecule has 0 spiro atoms. The first-order valence-corrected chi connectivity index (χ1v) is 7.11. The Balaban J connectivity index is 0.00000264. The minimum absolute atomic E-state index is 0. The van der Waals surface area contributed by atoms with Crippen LogP contribution in [0.1, 0.15) is 22.3 Å². The highest BCUT2D eigenvalue weighted by Crippen LogP contribution is 2.24. The minimum Gasteiger partial charge on any atom is -0.355 e. The quantitative estimate of drug-likeness (QED) is 0.747. The molecule has 3 N–H and O–H groups in total. The van der Waals surface area contributed by atoms with E-state index in [1.807, 2.05) is 6.07 Å². The van der Waals surface area contributed by atoms with Crippen molar-refractivity contribution in [1.82, 2.24) is 16.0 Å². The highest BCUT2D eigenvalue weighted by atomic mass is 35.5. The molecular weight excluding hydrogens is 328 g/mol. The normalized spacial score (nSPS) is 18.8. The van der Waals surface area contributed by atoms with Gasteiger partial charge < -0.3 is 10.6 Å². The fourth-order valence-electron chi connectivity index (χ4n) is 2.37. The van der Waals surface area contributed by atoms with Crippen molar-refractivity contribution in [2.45, 2.75) is 24.8 Å². The van der Waals surface area contributed by atoms with Gasteiger partial charge >= 0.3 is 0 Å². The van der Waals surface area contributed by atoms with Crippen LogP contribution in [0.15, 0.2) is 24.3 Å². The second-order valence-corrected chi connectivity index (χ2v) is 5.31. The fraction of sp³-hybridized carbons (Fsp3) is 0.467. The first kappa shape index (κ1) is 19.3. The van der Waals surface area contributed by atoms with E-state index in [9.17, 15) is 18.4 Å². The van der Waals surface area contributed by atoms with E-state index in [0.717, 1.165) is 5.56 Å². The summed E-state index contributed by atoms with van der Waals surface area (Å²) < 4.78 is 26.0. The van der Waals surface area contributed by atoms with E-state index in [4.69, 9.17) is 0 Å². The molecule has 2 rings (SSSR count). The molecule has 0 aromatic heterocycles. The van der Waals surface area contributed by atoms with Crippen LogP contribution in [0.5, 0.6) is 0 Å². The van der Waals surface area contributed by atoms with Gasteiger partial charge in [-0.15, -0.1) is 12.4 Å². The lowest BCUT2D eigenvalue weighted by atomic mass is 10.1. The van der Waals surface area contributed by atoms with Crippen molar-refractivity contribution in [3.8, 4) is 0 Å². The van der Waals surface area contributed by atoms with Gasteiger partial charge in [0.25, 0.3) is 11.8 Å². The van der Waals surface area contributed by atoms with E-state index in [1.54, 1.807) is 25.2 Å². The zero-order valence-electron chi connectivity index (χ0n) is 12.7. The number of halogens is 3. The average molecular weight is 348 g/mol. The summed E-state index contributed by atoms with van der Waals surface area (Å²) in [4.78, 5) is 23.3. The van der Waals surface area contributed by atoms with Crippen LogP contribution < -0.4 is 16.0 Å². The van der Waals surface area contributed by atoms with Crippen molar-refractivity contribution in [2.75, 3.05) is 20.1 Å². The van der Waals surface area contributed by atoms with Gasteiger partial charge in [0.05, 0.1) is 12.6 Å². The fourth-order valence-corrected chi connectivity index (χ4v) is 2.37. The standard InChI is InChI=1S/C15H19F2N3O2.ClH/c1-18-13(21)11-4-2-3-10(7-11)5-6-19-14(22)12-8-15(16,17)9-20-12;/h2-4,7,12,20H,5-6,8-9H2,1H3,(H,18,21)(H,19,22);1H. The predicted octanol–water partition coefficient (Wildman–Crippen LogP) is 1.12. The molecule has 1 unspecified atom stereocenters. The maximum Gasteiger partial charge on any atom is 0.262 e. The zero-order chi connectivity index (χ0) is 16.2. The predicted molar refractivity (Wildman–Crippen MR) is 85.1 cm³/mol. The maximum atomic E-state index is 13.0. The molecule has 23 heavy (non-hydrogen) atoms. The summed E-state index contributed by atoms with van der Waals surface area (Å²) in [5, 5.41) is 7.69. The van der Waals surface area contributed by atoms with Gasteiger partial charge in [0.2, 0.25) is 5.91 Å². The van der Waals surface area contributed by atoms with E-state index in [2.05, 4.69) is 16.0 Å². The molecule has 1 aliphatic heterocycles. The van der Waals surface area contributed by atoms with Crippen LogP contribution in [0.4, 0.5) is 8.78 Å². The van der Waals surface area contributed by atoms with Gasteiger partial charge in [0.15, 0.2) is 0 Å². The number of carbonyl (C=O) groups is 2. The highest BCUT2D eigenvalue weighted by molar-refractivity contribution is 5.94. The van der Waals surface area contributed by atoms with Crippen LogP contribution in [-0.4, -0.2) is 43.9 Å². The summed E-state index contributed by atoms with van der Waals surface area (Å²) in [7, 11) is 1.56. The molecule has 0 saturated carbocycles. The first-order valence-electron chi connectivity index (χ1n) is 7.11. The van der Waals surface area contributed by atoms with Gasteiger partial charge in [-0.25, -0.2) is 8.78 Å². The summed E-state index contributed by atoms with van der Waals surface area (Å²) in [6.07, 6.45) is 0.0602. The number of rotatable bonds is 5. The van der Waals surface area contributed by atoms with Crippen molar-refractivity contribution in [2.24, 2.45) is 0 Å². The summed E-state index contributed by atoms with van der Waals surface area (Å²) >= 11 is 0. The first-order chi connectivity index (χ1) is 10.4. The Morgan fingerprint density at radius 1 is 1.39 bits per heavy atom. The van der Waals surface area contributed by atoms with E-state index in [0.29, 0.717) is 18.5 Å². The Bertz CT molecular complexity index is 569. The van der Waals surface area contributed by atoms with Crippen LogP contribution in [0.25, 0.3) is 0 Å². The molecular formula is C15H20ClF2N3O2. The van der Waals surface area contributed by atoms with Crippen molar-refractivity contribution in [3.05, 3.63) is 35.4 Å². The Morgan fingerprint density at radius 2 is 2.13 bits per heavy atom. The van der Waals surface area contributed by atoms with Gasteiger partial charge in [0, 0.05) is 25.6 Å². The van der Waals surface area contributed by atoms with E-state index in [-0.39, 0.29) is 18.3 Å². The molecule has 0 aliphatic carbocycles. The Kier molecular flexibility index (Phi) is 6.90. The second-order valence-electron chi connectivity index (χ2n) is 5.31. The molecule has 1 aromatic rings. The molecule has 0 bridgehead atoms. The van der Waals surface area contributed by atoms with Crippen molar-refractivity contribution in [3.63, 3.8) is 0 Å². The number of nitrogens with one attached hydrogen (secondary N) is 3. The number of amides is 2. The molecule has 1 heterocycles. The number of hydrogen-bond acceptors (Lipinski definition) is 3. The van der Waals surface area contributed by atoms with Crippen molar-refractivity contribution < 1.29 is 18.4 Å². The third-order valence-corrected chi connectivity index (χ3v) is 3.56. The smallest absolute Gasteiger partial charge is 0.262 e. The Hall–Kier alpha value is -1.73. The van der Waals surface area contributed by atoms with E-state index >= 15 is 0 Å². The molecule has 1 aliphatic rings. The number of hydrogen-bond donors (Lipinski definition) is 3. The van der Waals surface area contributed by atoms with Crippen LogP contribution in [0.2, 0.25) is 0 Å². The summed E-state index contributed by atoms with van der Waals surface area (Å²) in [5.74, 6) is -3.41. The van der Waals surface area contributed by atoms with Crippen molar-refractivity contribution >= 4 is 24.2 Å². The average Bonchev–Trinajstić information content (AvgIpc) is 2.87. The molecule has 1 saturated heterocycles. The topological polar surface area (TPSA) is 70.2 Å². The van der Waals surface area contributed by atoms with E-state index < -0.39 is 30.8 Å². The van der Waals surface area contributed by atoms with Crippen LogP contribution in [0.3, 0.4) is 0 Å². The van der Waals surface area contributed by atoms with Gasteiger partial charge in [-0.1, -0.05) is 12.1 Å². The number of benzene rings is 1. The highest BCUT2D eigenvalue weighted by Gasteiger charge is 2.42. The van der Waals surface area contributed by atoms with Gasteiger partial charge in [-0.2, -0.15) is 0 Å². The lowest BCUT2D eigenvalue weighted by molar-refractivity contribution is -0.123. The lowest BCUT2D eigenvalue weighted by Crippen LogP contribution is -2.41. The molecule has 1 aromatic carbocycles. The monoisotopic (exact) mass is 347 g/mol. The summed E-state index contributed by atoms with van der Waals surface area (Å²) in [5.41, 5.74) is 1.44. The zero-order valence-corrected chi connectivity index (χ0v) is 13.5. The number of carbonyl (C=O) groups excluding carboxylic acids is 2. The molecule has 2 amide bonds. The van der Waals surface area contributed by atoms with Crippen LogP contribution in [-0.2, 0) is 11.2 Å². The second kappa shape index (κ2) is 8.21. The molecule has 8 heteroatoms. The molecule has 1 fully saturated rings. The molecule has 0 radical (unpaired) electrons. The largest absolute Gasteiger partial charge is 0.355 e. The third kappa shape index (κ3) is 5.44. The molecule has 1 atom stereocenters. The van der Waals surface area contributed by atoms with Gasteiger partial charge in [-0.3, -0.25) is 14.9 Å². The summed E-state index contributed by atoms with van der Waals surface area (Å²) in [6, 6.07) is 6.21. The van der Waals surface area contributed by atoms with Crippen LogP contribution in [0, 0.1) is 0 Å². The van der Waals surface area contributed by atoms with Gasteiger partial charge in [0.1, 0.15) is 0 Å². The molecule has 128 valence electrons. The Morgan fingerprint density at radius 3 is 2.74 bits per heavy atom. The summed E-state index contributed by atoms with van der Waals surface area (Å²) in [6.45, 7) is -0.126. The Labute approximate surface area is 139 Å². The maximum absolute atomic E-state index is 13.0. The number of alkyl halides is 2. The third-order valence-electron chi connectivity index (χ3n) is 3.56. The van der Waals surface area contributed by atoms with Gasteiger partial charge in [-0.05, 0) is 24.1 Å². The SMILES string of the molecule is CNC(=O)c1cccc(CCNC(=O)C2CC(F)(F)CN2)c1.Cl. The molecule has 5 nitrogen and oxygen atoms in total. The lowest BCUT2D eigenvalue weighted by Gasteiger charge is -2.11. The van der Waals surface area contributed by atoms with E-state index in [1.165, 1.54) is 0 Å². The minimum atomic E-state index is -2.82. The van der Waals surface area contributed by atoms with Crippen LogP contribution >= 0.6 is 12.4 Å².